The molecule has 3 N–H and O–H groups in total. The van der Waals surface area contributed by atoms with Crippen LogP contribution in [0.4, 0.5) is 0 Å². The summed E-state index contributed by atoms with van der Waals surface area (Å²) in [5.74, 6) is 1.99. The van der Waals surface area contributed by atoms with E-state index in [1.807, 2.05) is 6.92 Å². The van der Waals surface area contributed by atoms with Crippen molar-refractivity contribution in [1.29, 1.82) is 0 Å². The Hall–Kier alpha value is -1.46. The first kappa shape index (κ1) is 12.0. The van der Waals surface area contributed by atoms with E-state index in [0.29, 0.717) is 17.2 Å². The number of aliphatic hydroxyl groups excluding tert-OH is 1. The number of hydrogen-bond acceptors (Lipinski definition) is 5. The number of benzene rings is 1. The molecule has 1 aromatic carbocycles. The maximum Gasteiger partial charge on any atom is 0.231 e. The van der Waals surface area contributed by atoms with E-state index in [1.54, 1.807) is 18.2 Å². The van der Waals surface area contributed by atoms with E-state index in [-0.39, 0.29) is 19.4 Å². The van der Waals surface area contributed by atoms with Gasteiger partial charge in [0.15, 0.2) is 11.5 Å². The minimum absolute atomic E-state index is 0.108. The van der Waals surface area contributed by atoms with Crippen LogP contribution in [0.3, 0.4) is 0 Å². The van der Waals surface area contributed by atoms with Crippen molar-refractivity contribution in [2.75, 3.05) is 13.4 Å². The second-order valence-corrected chi connectivity index (χ2v) is 3.93. The molecule has 1 aliphatic rings. The molecule has 0 amide bonds. The van der Waals surface area contributed by atoms with Gasteiger partial charge in [-0.2, -0.15) is 0 Å². The zero-order valence-electron chi connectivity index (χ0n) is 9.76. The fourth-order valence-corrected chi connectivity index (χ4v) is 1.65. The van der Waals surface area contributed by atoms with Crippen LogP contribution in [0.25, 0.3) is 0 Å². The zero-order valence-corrected chi connectivity index (χ0v) is 9.76. The highest BCUT2D eigenvalue weighted by atomic mass is 16.7. The highest BCUT2D eigenvalue weighted by Crippen LogP contribution is 2.35. The summed E-state index contributed by atoms with van der Waals surface area (Å²) in [7, 11) is 0. The summed E-state index contributed by atoms with van der Waals surface area (Å²) in [6.45, 7) is 2.08. The van der Waals surface area contributed by atoms with Crippen LogP contribution < -0.4 is 19.9 Å². The molecule has 1 heterocycles. The summed E-state index contributed by atoms with van der Waals surface area (Å²) in [5.41, 5.74) is 5.85. The van der Waals surface area contributed by atoms with Crippen molar-refractivity contribution in [3.63, 3.8) is 0 Å². The third-order valence-electron chi connectivity index (χ3n) is 2.76. The fraction of sp³-hybridized carbons (Fsp3) is 0.500. The molecule has 0 spiro atoms. The Bertz CT molecular complexity index is 383. The predicted octanol–water partition coefficient (Wildman–Crippen LogP) is 0.892. The Morgan fingerprint density at radius 2 is 2.18 bits per heavy atom. The molecule has 0 aliphatic carbocycles. The maximum absolute atomic E-state index is 9.22. The largest absolute Gasteiger partial charge is 0.486 e. The minimum atomic E-state index is -0.402. The zero-order chi connectivity index (χ0) is 12.3. The Morgan fingerprint density at radius 1 is 1.41 bits per heavy atom. The average molecular weight is 239 g/mol. The van der Waals surface area contributed by atoms with Crippen molar-refractivity contribution in [3.05, 3.63) is 18.2 Å². The molecule has 5 heteroatoms. The first-order valence-electron chi connectivity index (χ1n) is 5.67. The van der Waals surface area contributed by atoms with Gasteiger partial charge in [-0.15, -0.1) is 0 Å². The first-order valence-corrected chi connectivity index (χ1v) is 5.67. The van der Waals surface area contributed by atoms with Gasteiger partial charge in [-0.25, -0.2) is 0 Å². The summed E-state index contributed by atoms with van der Waals surface area (Å²) in [4.78, 5) is 0. The molecule has 2 rings (SSSR count). The van der Waals surface area contributed by atoms with Crippen LogP contribution in [-0.4, -0.2) is 30.7 Å². The maximum atomic E-state index is 9.22. The molecule has 2 atom stereocenters. The third-order valence-corrected chi connectivity index (χ3v) is 2.76. The number of nitrogens with two attached hydrogens (primary N) is 1. The second kappa shape index (κ2) is 5.25. The predicted molar refractivity (Wildman–Crippen MR) is 62.3 cm³/mol. The molecule has 0 radical (unpaired) electrons. The smallest absolute Gasteiger partial charge is 0.231 e. The third kappa shape index (κ3) is 2.62. The van der Waals surface area contributed by atoms with Crippen LogP contribution in [0.2, 0.25) is 0 Å². The molecule has 0 aromatic heterocycles. The van der Waals surface area contributed by atoms with Gasteiger partial charge in [0, 0.05) is 12.1 Å². The van der Waals surface area contributed by atoms with Gasteiger partial charge in [-0.3, -0.25) is 0 Å². The van der Waals surface area contributed by atoms with E-state index in [0.717, 1.165) is 6.42 Å². The topological polar surface area (TPSA) is 73.9 Å². The molecule has 94 valence electrons. The molecule has 1 aromatic rings. The van der Waals surface area contributed by atoms with Crippen molar-refractivity contribution in [3.8, 4) is 17.2 Å². The lowest BCUT2D eigenvalue weighted by molar-refractivity contribution is 0.0930. The van der Waals surface area contributed by atoms with Crippen molar-refractivity contribution in [2.45, 2.75) is 25.5 Å². The molecule has 17 heavy (non-hydrogen) atoms. The normalized spacial score (nSPS) is 16.6. The van der Waals surface area contributed by atoms with Crippen LogP contribution in [0.5, 0.6) is 17.2 Å². The van der Waals surface area contributed by atoms with E-state index in [9.17, 15) is 5.11 Å². The highest BCUT2D eigenvalue weighted by Gasteiger charge is 2.19. The van der Waals surface area contributed by atoms with Gasteiger partial charge in [-0.1, -0.05) is 6.92 Å². The molecule has 0 fully saturated rings. The van der Waals surface area contributed by atoms with Gasteiger partial charge in [0.2, 0.25) is 6.79 Å². The van der Waals surface area contributed by atoms with E-state index in [1.165, 1.54) is 0 Å². The Morgan fingerprint density at radius 3 is 2.88 bits per heavy atom. The first-order chi connectivity index (χ1) is 8.24. The molecule has 2 unspecified atom stereocenters. The van der Waals surface area contributed by atoms with Gasteiger partial charge in [-0.05, 0) is 18.6 Å². The molecule has 0 saturated carbocycles. The molecule has 1 aliphatic heterocycles. The van der Waals surface area contributed by atoms with E-state index < -0.39 is 6.10 Å². The molecule has 0 saturated heterocycles. The Kier molecular flexibility index (Phi) is 3.71. The van der Waals surface area contributed by atoms with Gasteiger partial charge >= 0.3 is 0 Å². The summed E-state index contributed by atoms with van der Waals surface area (Å²) >= 11 is 0. The summed E-state index contributed by atoms with van der Waals surface area (Å²) in [5, 5.41) is 9.22. The summed E-state index contributed by atoms with van der Waals surface area (Å²) < 4.78 is 16.1. The van der Waals surface area contributed by atoms with Crippen LogP contribution in [0.15, 0.2) is 18.2 Å². The lowest BCUT2D eigenvalue weighted by Crippen LogP contribution is -2.41. The summed E-state index contributed by atoms with van der Waals surface area (Å²) in [6, 6.07) is 5.11. The van der Waals surface area contributed by atoms with Crippen LogP contribution in [-0.2, 0) is 0 Å². The monoisotopic (exact) mass is 239 g/mol. The number of aliphatic hydroxyl groups is 1. The lowest BCUT2D eigenvalue weighted by Gasteiger charge is -2.22. The van der Waals surface area contributed by atoms with Gasteiger partial charge in [0.1, 0.15) is 11.9 Å². The molecular formula is C12H17NO4. The van der Waals surface area contributed by atoms with E-state index >= 15 is 0 Å². The lowest BCUT2D eigenvalue weighted by atomic mass is 10.1. The van der Waals surface area contributed by atoms with Crippen LogP contribution in [0.1, 0.15) is 13.3 Å². The number of ether oxygens (including phenoxy) is 3. The van der Waals surface area contributed by atoms with Crippen molar-refractivity contribution in [2.24, 2.45) is 5.73 Å². The Labute approximate surface area is 100 Å². The van der Waals surface area contributed by atoms with Crippen LogP contribution in [0, 0.1) is 0 Å². The van der Waals surface area contributed by atoms with E-state index in [4.69, 9.17) is 19.9 Å². The van der Waals surface area contributed by atoms with Gasteiger partial charge in [0.05, 0.1) is 6.61 Å². The van der Waals surface area contributed by atoms with E-state index in [2.05, 4.69) is 0 Å². The quantitative estimate of drug-likeness (QED) is 0.798. The average Bonchev–Trinajstić information content (AvgIpc) is 2.82. The Balaban J connectivity index is 2.07. The van der Waals surface area contributed by atoms with Crippen molar-refractivity contribution >= 4 is 0 Å². The highest BCUT2D eigenvalue weighted by molar-refractivity contribution is 5.46. The van der Waals surface area contributed by atoms with Gasteiger partial charge in [0.25, 0.3) is 0 Å². The number of rotatable bonds is 5. The molecule has 5 nitrogen and oxygen atoms in total. The summed E-state index contributed by atoms with van der Waals surface area (Å²) in [6.07, 6.45) is 0.343. The van der Waals surface area contributed by atoms with Gasteiger partial charge < -0.3 is 25.1 Å². The second-order valence-electron chi connectivity index (χ2n) is 3.93. The van der Waals surface area contributed by atoms with Crippen molar-refractivity contribution < 1.29 is 19.3 Å². The minimum Gasteiger partial charge on any atom is -0.486 e. The van der Waals surface area contributed by atoms with Crippen molar-refractivity contribution in [1.82, 2.24) is 0 Å². The fourth-order valence-electron chi connectivity index (χ4n) is 1.65. The molecule has 0 bridgehead atoms. The number of fused-ring (bicyclic) bond motifs is 1. The SMILES string of the molecule is CCC(N)C(CO)Oc1ccc2c(c1)OCO2. The molecular weight excluding hydrogens is 222 g/mol. The standard InChI is InChI=1S/C12H17NO4/c1-2-9(13)12(6-14)17-8-3-4-10-11(5-8)16-7-15-10/h3-5,9,12,14H,2,6-7,13H2,1H3. The van der Waals surface area contributed by atoms with Crippen LogP contribution >= 0.6 is 0 Å². The number of hydrogen-bond donors (Lipinski definition) is 2.